The summed E-state index contributed by atoms with van der Waals surface area (Å²) < 4.78 is 0. The van der Waals surface area contributed by atoms with Gasteiger partial charge < -0.3 is 26.4 Å². The zero-order valence-corrected chi connectivity index (χ0v) is 19.3. The minimum atomic E-state index is -0.307. The summed E-state index contributed by atoms with van der Waals surface area (Å²) in [6.45, 7) is 1.82. The summed E-state index contributed by atoms with van der Waals surface area (Å²) in [6, 6.07) is 20.5. The molecule has 0 heterocycles. The molecule has 9 nitrogen and oxygen atoms in total. The van der Waals surface area contributed by atoms with Crippen molar-refractivity contribution in [3.8, 4) is 0 Å². The summed E-state index contributed by atoms with van der Waals surface area (Å²) in [5.74, 6) is -0.813. The summed E-state index contributed by atoms with van der Waals surface area (Å²) in [5.41, 5.74) is 2.49. The predicted molar refractivity (Wildman–Crippen MR) is 133 cm³/mol. The molecule has 0 atom stereocenters. The zero-order chi connectivity index (χ0) is 25.2. The lowest BCUT2D eigenvalue weighted by Crippen LogP contribution is -2.27. The molecule has 0 radical (unpaired) electrons. The molecule has 0 aliphatic rings. The molecule has 3 aromatic carbocycles. The smallest absolute Gasteiger partial charge is 0.251 e. The highest BCUT2D eigenvalue weighted by Crippen LogP contribution is 2.28. The molecule has 0 bridgehead atoms. The first-order chi connectivity index (χ1) is 16.8. The fraction of sp³-hybridized carbons (Fsp3) is 0.192. The molecule has 0 spiro atoms. The van der Waals surface area contributed by atoms with E-state index in [0.717, 1.165) is 0 Å². The number of carbonyl (C=O) groups excluding carboxylic acids is 3. The molecule has 35 heavy (non-hydrogen) atoms. The fourth-order valence-electron chi connectivity index (χ4n) is 3.57. The van der Waals surface area contributed by atoms with Crippen LogP contribution in [0, 0.1) is 5.21 Å². The van der Waals surface area contributed by atoms with Gasteiger partial charge in [-0.25, -0.2) is 0 Å². The number of hydrogen-bond acceptors (Lipinski definition) is 6. The number of rotatable bonds is 10. The number of anilines is 2. The molecule has 0 unspecified atom stereocenters. The van der Waals surface area contributed by atoms with Gasteiger partial charge in [0.25, 0.3) is 11.8 Å². The Labute approximate surface area is 203 Å². The van der Waals surface area contributed by atoms with Gasteiger partial charge in [0.1, 0.15) is 0 Å². The second-order valence-electron chi connectivity index (χ2n) is 7.84. The van der Waals surface area contributed by atoms with E-state index in [2.05, 4.69) is 16.0 Å². The maximum Gasteiger partial charge on any atom is 0.251 e. The highest BCUT2D eigenvalue weighted by atomic mass is 16.8. The highest BCUT2D eigenvalue weighted by molar-refractivity contribution is 5.94. The van der Waals surface area contributed by atoms with E-state index in [-0.39, 0.29) is 48.1 Å². The van der Waals surface area contributed by atoms with Crippen LogP contribution in [0.5, 0.6) is 0 Å². The maximum atomic E-state index is 12.3. The summed E-state index contributed by atoms with van der Waals surface area (Å²) >= 11 is 0. The van der Waals surface area contributed by atoms with Crippen molar-refractivity contribution >= 4 is 29.1 Å². The van der Waals surface area contributed by atoms with Crippen molar-refractivity contribution in [2.45, 2.75) is 19.8 Å². The quantitative estimate of drug-likeness (QED) is 0.333. The maximum absolute atomic E-state index is 12.3. The lowest BCUT2D eigenvalue weighted by Gasteiger charge is -2.27. The topological polar surface area (TPSA) is 134 Å². The number of carbonyl (C=O) groups is 3. The third-order valence-corrected chi connectivity index (χ3v) is 5.25. The highest BCUT2D eigenvalue weighted by Gasteiger charge is 2.14. The first-order valence-electron chi connectivity index (χ1n) is 11.1. The molecule has 3 rings (SSSR count). The second kappa shape index (κ2) is 12.3. The Balaban J connectivity index is 1.72. The van der Waals surface area contributed by atoms with Crippen LogP contribution in [0.1, 0.15) is 38.8 Å². The standard InChI is InChI=1S/C26H27N4O5/c1-18(31)29-23-16-22(13-15-28-26(33)20-10-6-3-7-11-20)24(30(34)35)17-21(23)12-14-27-25(32)19-8-4-2-5-9-19/h2-11,16-17,34H,12-15H2,1H3,(H,27,32)(H,28,33)(H,29,31)/q-1. The minimum Gasteiger partial charge on any atom is -0.733 e. The first-order valence-corrected chi connectivity index (χ1v) is 11.1. The van der Waals surface area contributed by atoms with Gasteiger partial charge >= 0.3 is 0 Å². The van der Waals surface area contributed by atoms with Gasteiger partial charge in [-0.05, 0) is 60.4 Å². The van der Waals surface area contributed by atoms with Crippen LogP contribution in [0.3, 0.4) is 0 Å². The van der Waals surface area contributed by atoms with Crippen molar-refractivity contribution in [1.82, 2.24) is 10.6 Å². The average molecular weight is 476 g/mol. The van der Waals surface area contributed by atoms with Gasteiger partial charge in [-0.15, -0.1) is 0 Å². The Morgan fingerprint density at radius 3 is 1.74 bits per heavy atom. The molecule has 182 valence electrons. The third kappa shape index (κ3) is 7.39. The SMILES string of the molecule is CC(=O)Nc1cc(CCNC(=O)c2ccccc2)c(N([O-])O)cc1CCNC(=O)c1ccccc1. The second-order valence-corrected chi connectivity index (χ2v) is 7.84. The van der Waals surface area contributed by atoms with Gasteiger partial charge in [-0.2, -0.15) is 0 Å². The normalized spacial score (nSPS) is 10.4. The molecule has 3 amide bonds. The summed E-state index contributed by atoms with van der Waals surface area (Å²) in [5, 5.41) is 29.6. The van der Waals surface area contributed by atoms with Crippen molar-refractivity contribution in [2.75, 3.05) is 23.6 Å². The van der Waals surface area contributed by atoms with Crippen molar-refractivity contribution in [2.24, 2.45) is 0 Å². The molecular formula is C26H27N4O5-. The van der Waals surface area contributed by atoms with Crippen molar-refractivity contribution in [1.29, 1.82) is 0 Å². The zero-order valence-electron chi connectivity index (χ0n) is 19.3. The number of nitrogens with one attached hydrogen (secondary N) is 3. The van der Waals surface area contributed by atoms with E-state index in [1.807, 2.05) is 12.1 Å². The lowest BCUT2D eigenvalue weighted by molar-refractivity contribution is -0.114. The van der Waals surface area contributed by atoms with E-state index in [1.54, 1.807) is 54.6 Å². The summed E-state index contributed by atoms with van der Waals surface area (Å²) in [6.07, 6.45) is 0.546. The lowest BCUT2D eigenvalue weighted by atomic mass is 10.0. The van der Waals surface area contributed by atoms with Crippen LogP contribution in [0.25, 0.3) is 0 Å². The molecule has 0 saturated carbocycles. The monoisotopic (exact) mass is 475 g/mol. The predicted octanol–water partition coefficient (Wildman–Crippen LogP) is 3.28. The number of benzene rings is 3. The largest absolute Gasteiger partial charge is 0.733 e. The van der Waals surface area contributed by atoms with Crippen LogP contribution < -0.4 is 21.2 Å². The van der Waals surface area contributed by atoms with Crippen LogP contribution in [0.2, 0.25) is 0 Å². The van der Waals surface area contributed by atoms with Crippen LogP contribution in [-0.2, 0) is 17.6 Å². The van der Waals surface area contributed by atoms with Crippen LogP contribution >= 0.6 is 0 Å². The molecular weight excluding hydrogens is 448 g/mol. The number of hydrogen-bond donors (Lipinski definition) is 4. The van der Waals surface area contributed by atoms with Gasteiger partial charge in [0.05, 0.1) is 5.69 Å². The first kappa shape index (κ1) is 25.4. The van der Waals surface area contributed by atoms with Gasteiger partial charge in [0.15, 0.2) is 0 Å². The molecule has 0 saturated heterocycles. The van der Waals surface area contributed by atoms with Crippen molar-refractivity contribution in [3.05, 3.63) is 100 Å². The van der Waals surface area contributed by atoms with Gasteiger partial charge in [-0.3, -0.25) is 19.6 Å². The van der Waals surface area contributed by atoms with Crippen LogP contribution in [0.4, 0.5) is 11.4 Å². The minimum absolute atomic E-state index is 0.00236. The third-order valence-electron chi connectivity index (χ3n) is 5.25. The van der Waals surface area contributed by atoms with Crippen LogP contribution in [0.15, 0.2) is 72.8 Å². The van der Waals surface area contributed by atoms with E-state index in [1.165, 1.54) is 13.0 Å². The Bertz CT molecular complexity index is 1170. The Kier molecular flexibility index (Phi) is 8.94. The molecule has 0 aliphatic heterocycles. The molecule has 3 aromatic rings. The van der Waals surface area contributed by atoms with Gasteiger partial charge in [0, 0.05) is 36.8 Å². The van der Waals surface area contributed by atoms with E-state index in [9.17, 15) is 24.8 Å². The number of amides is 3. The van der Waals surface area contributed by atoms with Gasteiger partial charge in [-0.1, -0.05) is 36.4 Å². The van der Waals surface area contributed by atoms with Crippen molar-refractivity contribution < 1.29 is 19.6 Å². The van der Waals surface area contributed by atoms with Crippen LogP contribution in [-0.4, -0.2) is 36.0 Å². The average Bonchev–Trinajstić information content (AvgIpc) is 2.85. The van der Waals surface area contributed by atoms with E-state index in [4.69, 9.17) is 0 Å². The molecule has 4 N–H and O–H groups in total. The Hall–Kier alpha value is -4.21. The summed E-state index contributed by atoms with van der Waals surface area (Å²) in [7, 11) is 0. The Morgan fingerprint density at radius 1 is 0.800 bits per heavy atom. The van der Waals surface area contributed by atoms with Gasteiger partial charge in [0.2, 0.25) is 5.91 Å². The number of nitrogens with zero attached hydrogens (tertiary/aromatic N) is 1. The Morgan fingerprint density at radius 2 is 1.29 bits per heavy atom. The molecule has 9 heteroatoms. The van der Waals surface area contributed by atoms with E-state index in [0.29, 0.717) is 34.4 Å². The molecule has 0 fully saturated rings. The fourth-order valence-corrected chi connectivity index (χ4v) is 3.57. The van der Waals surface area contributed by atoms with Crippen molar-refractivity contribution in [3.63, 3.8) is 0 Å². The molecule has 0 aliphatic carbocycles. The molecule has 0 aromatic heterocycles. The van der Waals surface area contributed by atoms with E-state index < -0.39 is 0 Å². The van der Waals surface area contributed by atoms with E-state index >= 15 is 0 Å². The summed E-state index contributed by atoms with van der Waals surface area (Å²) in [4.78, 5) is 36.3.